The lowest BCUT2D eigenvalue weighted by molar-refractivity contribution is -0.383. The highest BCUT2D eigenvalue weighted by Gasteiger charge is 2.41. The number of nitrogens with zero attached hydrogens (tertiary/aromatic N) is 5. The summed E-state index contributed by atoms with van der Waals surface area (Å²) in [6, 6.07) is 5.68. The fraction of sp³-hybridized carbons (Fsp3) is 0.235. The largest absolute Gasteiger partial charge is 0.397 e. The van der Waals surface area contributed by atoms with Crippen LogP contribution < -0.4 is 5.73 Å². The third-order valence-electron chi connectivity index (χ3n) is 4.17. The van der Waals surface area contributed by atoms with Gasteiger partial charge in [0.05, 0.1) is 28.3 Å². The van der Waals surface area contributed by atoms with Crippen LogP contribution in [-0.2, 0) is 0 Å². The average molecular weight is 471 g/mol. The van der Waals surface area contributed by atoms with E-state index in [-0.39, 0.29) is 40.3 Å². The highest BCUT2D eigenvalue weighted by Crippen LogP contribution is 2.37. The molecule has 0 bridgehead atoms. The second-order valence-electron chi connectivity index (χ2n) is 6.02. The summed E-state index contributed by atoms with van der Waals surface area (Å²) in [4.78, 5) is 18.5. The minimum atomic E-state index is -4.44. The molecule has 3 rings (SSSR count). The Labute approximate surface area is 170 Å². The third kappa shape index (κ3) is 4.36. The van der Waals surface area contributed by atoms with Gasteiger partial charge in [-0.05, 0) is 24.6 Å². The number of aromatic nitrogens is 4. The fourth-order valence-electron chi connectivity index (χ4n) is 2.83. The van der Waals surface area contributed by atoms with E-state index in [1.54, 1.807) is 0 Å². The van der Waals surface area contributed by atoms with Crippen molar-refractivity contribution in [3.8, 4) is 16.9 Å². The molecule has 0 saturated carbocycles. The Morgan fingerprint density at radius 3 is 2.72 bits per heavy atom. The van der Waals surface area contributed by atoms with E-state index in [9.17, 15) is 23.3 Å². The van der Waals surface area contributed by atoms with Gasteiger partial charge >= 0.3 is 11.9 Å². The molecule has 0 aliphatic carbocycles. The summed E-state index contributed by atoms with van der Waals surface area (Å²) in [7, 11) is 0. The number of nitro groups is 1. The number of hydrogen-bond donors (Lipinski definition) is 1. The van der Waals surface area contributed by atoms with Gasteiger partial charge in [0.2, 0.25) is 5.82 Å². The Bertz CT molecular complexity index is 1040. The van der Waals surface area contributed by atoms with Crippen molar-refractivity contribution >= 4 is 27.4 Å². The predicted molar refractivity (Wildman–Crippen MR) is 103 cm³/mol. The molecule has 3 aromatic heterocycles. The van der Waals surface area contributed by atoms with E-state index in [0.29, 0.717) is 5.56 Å². The molecule has 152 valence electrons. The molecule has 1 atom stereocenters. The number of pyridine rings is 2. The Balaban J connectivity index is 2.01. The van der Waals surface area contributed by atoms with Crippen LogP contribution in [0.4, 0.5) is 24.7 Å². The minimum Gasteiger partial charge on any atom is -0.378 e. The summed E-state index contributed by atoms with van der Waals surface area (Å²) in [5, 5.41) is 15.6. The molecule has 0 amide bonds. The summed E-state index contributed by atoms with van der Waals surface area (Å²) in [6.45, 7) is 0. The second kappa shape index (κ2) is 8.15. The van der Waals surface area contributed by atoms with Crippen molar-refractivity contribution in [2.24, 2.45) is 0 Å². The molecule has 3 heterocycles. The van der Waals surface area contributed by atoms with Crippen molar-refractivity contribution in [2.45, 2.75) is 18.5 Å². The normalized spacial score (nSPS) is 12.7. The van der Waals surface area contributed by atoms with Gasteiger partial charge in [-0.2, -0.15) is 18.3 Å². The molecule has 8 nitrogen and oxygen atoms in total. The number of rotatable bonds is 6. The topological polar surface area (TPSA) is 113 Å². The van der Waals surface area contributed by atoms with Crippen molar-refractivity contribution < 1.29 is 18.1 Å². The van der Waals surface area contributed by atoms with E-state index in [2.05, 4.69) is 31.0 Å². The van der Waals surface area contributed by atoms with Crippen molar-refractivity contribution in [1.82, 2.24) is 19.7 Å². The van der Waals surface area contributed by atoms with Gasteiger partial charge in [0.25, 0.3) is 0 Å². The highest BCUT2D eigenvalue weighted by molar-refractivity contribution is 9.09. The van der Waals surface area contributed by atoms with Crippen LogP contribution in [0.1, 0.15) is 18.0 Å². The fourth-order valence-corrected chi connectivity index (χ4v) is 3.29. The number of anilines is 1. The summed E-state index contributed by atoms with van der Waals surface area (Å²) < 4.78 is 41.3. The molecule has 0 aliphatic heterocycles. The van der Waals surface area contributed by atoms with E-state index in [0.717, 1.165) is 0 Å². The van der Waals surface area contributed by atoms with Gasteiger partial charge in [-0.3, -0.25) is 10.1 Å². The van der Waals surface area contributed by atoms with E-state index in [1.165, 1.54) is 47.5 Å². The zero-order valence-electron chi connectivity index (χ0n) is 14.7. The quantitative estimate of drug-likeness (QED) is 0.327. The van der Waals surface area contributed by atoms with Gasteiger partial charge in [-0.15, -0.1) is 0 Å². The molecule has 0 aromatic carbocycles. The van der Waals surface area contributed by atoms with Crippen molar-refractivity contribution in [1.29, 1.82) is 0 Å². The van der Waals surface area contributed by atoms with Crippen LogP contribution in [0.5, 0.6) is 0 Å². The van der Waals surface area contributed by atoms with Gasteiger partial charge in [0.1, 0.15) is 0 Å². The summed E-state index contributed by atoms with van der Waals surface area (Å²) >= 11 is 3.04. The zero-order valence-corrected chi connectivity index (χ0v) is 16.3. The molecular formula is C17H14BrF3N6O2. The SMILES string of the molecule is Nc1nccc(-c2cnn(-c3cccc(C(CCBr)C(F)(F)F)n3)c2)c1[N+](=O)[O-]. The first-order valence-corrected chi connectivity index (χ1v) is 9.38. The molecule has 0 aliphatic rings. The lowest BCUT2D eigenvalue weighted by atomic mass is 10.0. The number of halogens is 4. The van der Waals surface area contributed by atoms with Crippen LogP contribution in [0.3, 0.4) is 0 Å². The molecule has 2 N–H and O–H groups in total. The molecule has 0 spiro atoms. The Morgan fingerprint density at radius 2 is 2.07 bits per heavy atom. The van der Waals surface area contributed by atoms with Crippen LogP contribution in [-0.4, -0.2) is 36.2 Å². The maximum absolute atomic E-state index is 13.3. The standard InChI is InChI=1S/C17H14BrF3N6O2/c18-6-4-12(17(19,20)21)13-2-1-3-14(25-13)26-9-10(8-24-26)11-5-7-23-16(22)15(11)27(28)29/h1-3,5,7-9,12H,4,6H2,(H2,22,23). The predicted octanol–water partition coefficient (Wildman–Crippen LogP) is 4.25. The smallest absolute Gasteiger partial charge is 0.378 e. The van der Waals surface area contributed by atoms with Gasteiger partial charge < -0.3 is 5.73 Å². The maximum atomic E-state index is 13.3. The molecule has 0 radical (unpaired) electrons. The van der Waals surface area contributed by atoms with E-state index in [1.807, 2.05) is 0 Å². The number of nitrogens with two attached hydrogens (primary N) is 1. The van der Waals surface area contributed by atoms with Gasteiger partial charge in [-0.25, -0.2) is 14.6 Å². The summed E-state index contributed by atoms with van der Waals surface area (Å²) in [5.74, 6) is -1.82. The van der Waals surface area contributed by atoms with Crippen LogP contribution in [0.2, 0.25) is 0 Å². The van der Waals surface area contributed by atoms with Gasteiger partial charge in [-0.1, -0.05) is 22.0 Å². The zero-order chi connectivity index (χ0) is 21.2. The van der Waals surface area contributed by atoms with Crippen LogP contribution in [0, 0.1) is 10.1 Å². The van der Waals surface area contributed by atoms with E-state index < -0.39 is 17.0 Å². The number of nitrogen functional groups attached to an aromatic ring is 1. The van der Waals surface area contributed by atoms with E-state index >= 15 is 0 Å². The van der Waals surface area contributed by atoms with Crippen molar-refractivity contribution in [3.63, 3.8) is 0 Å². The average Bonchev–Trinajstić information content (AvgIpc) is 3.15. The Hall–Kier alpha value is -3.02. The van der Waals surface area contributed by atoms with Crippen LogP contribution in [0.15, 0.2) is 42.9 Å². The molecule has 1 unspecified atom stereocenters. The molecule has 0 saturated heterocycles. The first kappa shape index (κ1) is 20.7. The molecular weight excluding hydrogens is 457 g/mol. The van der Waals surface area contributed by atoms with Crippen LogP contribution >= 0.6 is 15.9 Å². The number of hydrogen-bond acceptors (Lipinski definition) is 6. The van der Waals surface area contributed by atoms with Crippen molar-refractivity contribution in [2.75, 3.05) is 11.1 Å². The Kier molecular flexibility index (Phi) is 5.82. The van der Waals surface area contributed by atoms with Crippen molar-refractivity contribution in [3.05, 3.63) is 58.7 Å². The summed E-state index contributed by atoms with van der Waals surface area (Å²) in [5.41, 5.74) is 5.64. The Morgan fingerprint density at radius 1 is 1.31 bits per heavy atom. The first-order chi connectivity index (χ1) is 13.7. The molecule has 0 fully saturated rings. The van der Waals surface area contributed by atoms with Gasteiger partial charge in [0, 0.05) is 23.3 Å². The lowest BCUT2D eigenvalue weighted by Gasteiger charge is -2.19. The second-order valence-corrected chi connectivity index (χ2v) is 6.81. The number of alkyl halides is 4. The summed E-state index contributed by atoms with van der Waals surface area (Å²) in [6.07, 6.45) is -0.504. The van der Waals surface area contributed by atoms with Gasteiger partial charge in [0.15, 0.2) is 5.82 Å². The molecule has 29 heavy (non-hydrogen) atoms. The molecule has 12 heteroatoms. The monoisotopic (exact) mass is 470 g/mol. The lowest BCUT2D eigenvalue weighted by Crippen LogP contribution is -2.22. The molecule has 3 aromatic rings. The highest BCUT2D eigenvalue weighted by atomic mass is 79.9. The minimum absolute atomic E-state index is 0.134. The first-order valence-electron chi connectivity index (χ1n) is 8.26. The third-order valence-corrected chi connectivity index (χ3v) is 4.63. The van der Waals surface area contributed by atoms with Crippen LogP contribution in [0.25, 0.3) is 16.9 Å². The maximum Gasteiger partial charge on any atom is 0.397 e. The van der Waals surface area contributed by atoms with E-state index in [4.69, 9.17) is 5.73 Å².